The third-order valence-corrected chi connectivity index (χ3v) is 4.35. The van der Waals surface area contributed by atoms with E-state index in [4.69, 9.17) is 10.5 Å². The molecular formula is C19H33NO3. The summed E-state index contributed by atoms with van der Waals surface area (Å²) in [5.74, 6) is 0.907. The Hall–Kier alpha value is -1.10. The van der Waals surface area contributed by atoms with Gasteiger partial charge in [0, 0.05) is 0 Å². The summed E-state index contributed by atoms with van der Waals surface area (Å²) in [7, 11) is 0. The molecule has 0 atom stereocenters. The van der Waals surface area contributed by atoms with Crippen LogP contribution in [0.5, 0.6) is 5.75 Å². The van der Waals surface area contributed by atoms with E-state index in [1.807, 2.05) is 6.07 Å². The number of rotatable bonds is 12. The van der Waals surface area contributed by atoms with E-state index in [-0.39, 0.29) is 13.2 Å². The number of unbranched alkanes of at least 4 members (excludes halogenated alkanes) is 4. The van der Waals surface area contributed by atoms with Crippen LogP contribution in [0.25, 0.3) is 0 Å². The summed E-state index contributed by atoms with van der Waals surface area (Å²) in [4.78, 5) is 0. The van der Waals surface area contributed by atoms with Crippen LogP contribution in [0.1, 0.15) is 56.6 Å². The third kappa shape index (κ3) is 7.34. The predicted octanol–water partition coefficient (Wildman–Crippen LogP) is 2.96. The molecule has 0 saturated heterocycles. The number of ether oxygens (including phenoxy) is 1. The summed E-state index contributed by atoms with van der Waals surface area (Å²) < 4.78 is 5.81. The molecule has 0 saturated carbocycles. The van der Waals surface area contributed by atoms with Gasteiger partial charge in [0.05, 0.1) is 25.4 Å². The Labute approximate surface area is 140 Å². The maximum atomic E-state index is 9.25. The van der Waals surface area contributed by atoms with Crippen molar-refractivity contribution in [3.8, 4) is 5.75 Å². The van der Waals surface area contributed by atoms with Crippen molar-refractivity contribution in [2.45, 2.75) is 64.3 Å². The first kappa shape index (κ1) is 19.9. The largest absolute Gasteiger partial charge is 0.494 e. The molecule has 0 aliphatic heterocycles. The van der Waals surface area contributed by atoms with Gasteiger partial charge in [-0.2, -0.15) is 0 Å². The Morgan fingerprint density at radius 2 is 1.78 bits per heavy atom. The lowest BCUT2D eigenvalue weighted by atomic mass is 9.92. The molecule has 0 bridgehead atoms. The highest BCUT2D eigenvalue weighted by molar-refractivity contribution is 5.35. The quantitative estimate of drug-likeness (QED) is 0.517. The molecule has 0 heterocycles. The first-order valence-corrected chi connectivity index (χ1v) is 8.77. The van der Waals surface area contributed by atoms with Gasteiger partial charge in [-0.25, -0.2) is 0 Å². The molecule has 0 amide bonds. The number of hydrogen-bond donors (Lipinski definition) is 3. The van der Waals surface area contributed by atoms with Crippen LogP contribution in [0, 0.1) is 6.92 Å². The van der Waals surface area contributed by atoms with Crippen molar-refractivity contribution < 1.29 is 14.9 Å². The molecule has 1 aromatic rings. The fourth-order valence-corrected chi connectivity index (χ4v) is 2.53. The molecule has 4 heteroatoms. The summed E-state index contributed by atoms with van der Waals surface area (Å²) in [5, 5.41) is 18.5. The Balaban J connectivity index is 2.42. The van der Waals surface area contributed by atoms with Crippen molar-refractivity contribution in [2.75, 3.05) is 19.8 Å². The van der Waals surface area contributed by atoms with Crippen LogP contribution in [0.3, 0.4) is 0 Å². The Kier molecular flexibility index (Phi) is 9.22. The van der Waals surface area contributed by atoms with Crippen LogP contribution in [-0.4, -0.2) is 35.6 Å². The van der Waals surface area contributed by atoms with Gasteiger partial charge in [0.25, 0.3) is 0 Å². The lowest BCUT2D eigenvalue weighted by molar-refractivity contribution is 0.115. The topological polar surface area (TPSA) is 75.7 Å². The van der Waals surface area contributed by atoms with Gasteiger partial charge in [0.1, 0.15) is 5.75 Å². The molecule has 0 radical (unpaired) electrons. The van der Waals surface area contributed by atoms with Crippen molar-refractivity contribution >= 4 is 0 Å². The van der Waals surface area contributed by atoms with Crippen LogP contribution in [0.4, 0.5) is 0 Å². The van der Waals surface area contributed by atoms with E-state index in [1.165, 1.54) is 31.2 Å². The molecule has 0 aromatic heterocycles. The Bertz CT molecular complexity index is 444. The molecule has 0 unspecified atom stereocenters. The van der Waals surface area contributed by atoms with Crippen LogP contribution in [0.2, 0.25) is 0 Å². The average Bonchev–Trinajstić information content (AvgIpc) is 2.57. The van der Waals surface area contributed by atoms with Gasteiger partial charge in [0.2, 0.25) is 0 Å². The minimum Gasteiger partial charge on any atom is -0.494 e. The maximum Gasteiger partial charge on any atom is 0.119 e. The molecule has 1 aromatic carbocycles. The molecule has 132 valence electrons. The van der Waals surface area contributed by atoms with Gasteiger partial charge in [-0.15, -0.1) is 0 Å². The molecular weight excluding hydrogens is 290 g/mol. The van der Waals surface area contributed by atoms with E-state index in [0.717, 1.165) is 30.8 Å². The maximum absolute atomic E-state index is 9.25. The lowest BCUT2D eigenvalue weighted by Gasteiger charge is -2.24. The Morgan fingerprint density at radius 1 is 1.09 bits per heavy atom. The zero-order valence-corrected chi connectivity index (χ0v) is 14.7. The first-order chi connectivity index (χ1) is 11.0. The molecule has 4 nitrogen and oxygen atoms in total. The molecule has 0 fully saturated rings. The van der Waals surface area contributed by atoms with E-state index in [1.54, 1.807) is 0 Å². The van der Waals surface area contributed by atoms with Crippen molar-refractivity contribution in [3.63, 3.8) is 0 Å². The normalized spacial score (nSPS) is 11.7. The summed E-state index contributed by atoms with van der Waals surface area (Å²) in [6.45, 7) is 4.63. The number of hydrogen-bond acceptors (Lipinski definition) is 4. The summed E-state index contributed by atoms with van der Waals surface area (Å²) in [6, 6.07) is 6.10. The van der Waals surface area contributed by atoms with Gasteiger partial charge in [-0.3, -0.25) is 0 Å². The van der Waals surface area contributed by atoms with Crippen LogP contribution in [0.15, 0.2) is 18.2 Å². The minimum atomic E-state index is -0.903. The summed E-state index contributed by atoms with van der Waals surface area (Å²) in [6.07, 6.45) is 7.47. The fourth-order valence-electron chi connectivity index (χ4n) is 2.53. The second-order valence-corrected chi connectivity index (χ2v) is 6.53. The van der Waals surface area contributed by atoms with Gasteiger partial charge in [-0.05, 0) is 49.4 Å². The zero-order chi connectivity index (χ0) is 17.1. The molecule has 0 aliphatic carbocycles. The van der Waals surface area contributed by atoms with Crippen LogP contribution < -0.4 is 10.5 Å². The van der Waals surface area contributed by atoms with E-state index < -0.39 is 5.54 Å². The summed E-state index contributed by atoms with van der Waals surface area (Å²) >= 11 is 0. The number of aliphatic hydroxyl groups excluding tert-OH is 2. The summed E-state index contributed by atoms with van der Waals surface area (Å²) in [5.41, 5.74) is 7.35. The first-order valence-electron chi connectivity index (χ1n) is 8.77. The van der Waals surface area contributed by atoms with Crippen molar-refractivity contribution in [3.05, 3.63) is 29.3 Å². The smallest absolute Gasteiger partial charge is 0.119 e. The molecule has 1 rings (SSSR count). The van der Waals surface area contributed by atoms with Crippen molar-refractivity contribution in [2.24, 2.45) is 5.73 Å². The second kappa shape index (κ2) is 10.6. The second-order valence-electron chi connectivity index (χ2n) is 6.53. The van der Waals surface area contributed by atoms with Crippen molar-refractivity contribution in [1.29, 1.82) is 0 Å². The number of aliphatic hydroxyl groups is 2. The molecule has 23 heavy (non-hydrogen) atoms. The van der Waals surface area contributed by atoms with Crippen molar-refractivity contribution in [1.82, 2.24) is 0 Å². The highest BCUT2D eigenvalue weighted by Gasteiger charge is 2.22. The van der Waals surface area contributed by atoms with Gasteiger partial charge >= 0.3 is 0 Å². The predicted molar refractivity (Wildman–Crippen MR) is 94.8 cm³/mol. The van der Waals surface area contributed by atoms with Gasteiger partial charge in [0.15, 0.2) is 0 Å². The van der Waals surface area contributed by atoms with Crippen LogP contribution >= 0.6 is 0 Å². The number of benzene rings is 1. The fraction of sp³-hybridized carbons (Fsp3) is 0.684. The van der Waals surface area contributed by atoms with E-state index in [2.05, 4.69) is 26.0 Å². The minimum absolute atomic E-state index is 0.207. The van der Waals surface area contributed by atoms with Gasteiger partial charge < -0.3 is 20.7 Å². The number of aryl methyl sites for hydroxylation is 2. The molecule has 0 aliphatic rings. The lowest BCUT2D eigenvalue weighted by Crippen LogP contribution is -2.47. The highest BCUT2D eigenvalue weighted by atomic mass is 16.5. The average molecular weight is 323 g/mol. The molecule has 4 N–H and O–H groups in total. The highest BCUT2D eigenvalue weighted by Crippen LogP contribution is 2.21. The monoisotopic (exact) mass is 323 g/mol. The van der Waals surface area contributed by atoms with E-state index in [0.29, 0.717) is 6.42 Å². The Morgan fingerprint density at radius 3 is 2.39 bits per heavy atom. The van der Waals surface area contributed by atoms with Crippen LogP contribution in [-0.2, 0) is 6.42 Å². The standard InChI is InChI=1S/C19H33NO3/c1-3-4-5-6-7-12-23-18-9-8-17(16(2)13-18)10-11-19(20,14-21)15-22/h8-9,13,21-22H,3-7,10-12,14-15,20H2,1-2H3. The van der Waals surface area contributed by atoms with E-state index in [9.17, 15) is 10.2 Å². The number of nitrogens with two attached hydrogens (primary N) is 1. The molecule has 0 spiro atoms. The zero-order valence-electron chi connectivity index (χ0n) is 14.7. The van der Waals surface area contributed by atoms with E-state index >= 15 is 0 Å². The SMILES string of the molecule is CCCCCCCOc1ccc(CCC(N)(CO)CO)c(C)c1. The van der Waals surface area contributed by atoms with Gasteiger partial charge in [-0.1, -0.05) is 38.7 Å². The third-order valence-electron chi connectivity index (χ3n) is 4.35.